The second-order valence-electron chi connectivity index (χ2n) is 8.17. The lowest BCUT2D eigenvalue weighted by Crippen LogP contribution is -2.50. The molecule has 2 aliphatic rings. The number of hydrogen-bond acceptors (Lipinski definition) is 5. The Balaban J connectivity index is 1.55. The predicted molar refractivity (Wildman–Crippen MR) is 115 cm³/mol. The molecule has 1 atom stereocenters. The Bertz CT molecular complexity index is 1130. The lowest BCUT2D eigenvalue weighted by Gasteiger charge is -2.38. The van der Waals surface area contributed by atoms with Gasteiger partial charge in [0.15, 0.2) is 5.13 Å². The molecule has 1 N–H and O–H groups in total. The van der Waals surface area contributed by atoms with Gasteiger partial charge in [-0.05, 0) is 54.8 Å². The van der Waals surface area contributed by atoms with Gasteiger partial charge in [0.25, 0.3) is 0 Å². The van der Waals surface area contributed by atoms with Crippen molar-refractivity contribution < 1.29 is 17.6 Å². The summed E-state index contributed by atoms with van der Waals surface area (Å²) in [4.78, 5) is 8.80. The summed E-state index contributed by atoms with van der Waals surface area (Å²) in [6, 6.07) is 7.58. The van der Waals surface area contributed by atoms with E-state index in [2.05, 4.69) is 22.1 Å². The van der Waals surface area contributed by atoms with Gasteiger partial charge in [-0.1, -0.05) is 11.3 Å². The molecule has 1 aromatic heterocycles. The van der Waals surface area contributed by atoms with E-state index >= 15 is 0 Å². The maximum atomic E-state index is 13.7. The molecule has 1 saturated heterocycles. The number of aromatic nitrogens is 1. The first kappa shape index (κ1) is 20.5. The Kier molecular flexibility index (Phi) is 5.05. The fourth-order valence-corrected chi connectivity index (χ4v) is 5.57. The Labute approximate surface area is 181 Å². The minimum absolute atomic E-state index is 0.269. The van der Waals surface area contributed by atoms with Crippen LogP contribution in [0, 0.1) is 5.82 Å². The largest absolute Gasteiger partial charge is 0.416 e. The molecule has 0 bridgehead atoms. The summed E-state index contributed by atoms with van der Waals surface area (Å²) in [6.45, 7) is 5.18. The molecule has 5 rings (SSSR count). The van der Waals surface area contributed by atoms with E-state index in [1.54, 1.807) is 12.1 Å². The minimum atomic E-state index is -4.38. The maximum Gasteiger partial charge on any atom is 0.416 e. The van der Waals surface area contributed by atoms with Crippen LogP contribution < -0.4 is 15.1 Å². The van der Waals surface area contributed by atoms with Gasteiger partial charge in [0.1, 0.15) is 5.82 Å². The van der Waals surface area contributed by atoms with E-state index in [4.69, 9.17) is 0 Å². The van der Waals surface area contributed by atoms with Gasteiger partial charge >= 0.3 is 6.18 Å². The molecular weight excluding hydrogens is 428 g/mol. The summed E-state index contributed by atoms with van der Waals surface area (Å²) >= 11 is 1.37. The first-order valence-corrected chi connectivity index (χ1v) is 11.1. The van der Waals surface area contributed by atoms with Crippen LogP contribution in [-0.4, -0.2) is 37.2 Å². The molecule has 2 aromatic carbocycles. The number of thiazole rings is 1. The standard InChI is InChI=1S/C22H22F4N4S/c1-13-11-29(9-7-27-13)19-5-3-17(22(24,25)26)15-6-8-30(12-16(15)19)21-28-18-4-2-14(23)10-20(18)31-21/h2-5,10,13,27H,6-9,11-12H2,1H3/t13-/m1/s1. The molecule has 1 fully saturated rings. The van der Waals surface area contributed by atoms with Crippen LogP contribution in [0.15, 0.2) is 30.3 Å². The lowest BCUT2D eigenvalue weighted by atomic mass is 9.92. The van der Waals surface area contributed by atoms with Crippen molar-refractivity contribution in [2.75, 3.05) is 36.0 Å². The molecule has 0 amide bonds. The Hall–Kier alpha value is -2.39. The summed E-state index contributed by atoms with van der Waals surface area (Å²) in [7, 11) is 0. The molecule has 3 aromatic rings. The number of benzene rings is 2. The number of piperazine rings is 1. The first-order chi connectivity index (χ1) is 14.8. The Morgan fingerprint density at radius 1 is 1.10 bits per heavy atom. The smallest absolute Gasteiger partial charge is 0.368 e. The number of anilines is 2. The summed E-state index contributed by atoms with van der Waals surface area (Å²) < 4.78 is 55.5. The average molecular weight is 451 g/mol. The molecule has 31 heavy (non-hydrogen) atoms. The third-order valence-corrected chi connectivity index (χ3v) is 7.09. The molecular formula is C22H22F4N4S. The Morgan fingerprint density at radius 2 is 1.94 bits per heavy atom. The SMILES string of the molecule is C[C@@H]1CN(c2ccc(C(F)(F)F)c3c2CN(c2nc4ccc(F)cc4s2)CC3)CCN1. The van der Waals surface area contributed by atoms with Crippen LogP contribution in [-0.2, 0) is 19.1 Å². The fourth-order valence-electron chi connectivity index (χ4n) is 4.56. The minimum Gasteiger partial charge on any atom is -0.368 e. The van der Waals surface area contributed by atoms with E-state index in [9.17, 15) is 17.6 Å². The Morgan fingerprint density at radius 3 is 2.71 bits per heavy atom. The van der Waals surface area contributed by atoms with Crippen LogP contribution >= 0.6 is 11.3 Å². The highest BCUT2D eigenvalue weighted by Crippen LogP contribution is 2.41. The fraction of sp³-hybridized carbons (Fsp3) is 0.409. The van der Waals surface area contributed by atoms with Crippen molar-refractivity contribution in [2.45, 2.75) is 32.1 Å². The topological polar surface area (TPSA) is 31.4 Å². The highest BCUT2D eigenvalue weighted by atomic mass is 32.1. The maximum absolute atomic E-state index is 13.7. The third kappa shape index (κ3) is 3.85. The third-order valence-electron chi connectivity index (χ3n) is 6.01. The monoisotopic (exact) mass is 450 g/mol. The molecule has 0 spiro atoms. The van der Waals surface area contributed by atoms with E-state index in [1.165, 1.54) is 29.5 Å². The van der Waals surface area contributed by atoms with Crippen LogP contribution in [0.5, 0.6) is 0 Å². The molecule has 9 heteroatoms. The van der Waals surface area contributed by atoms with E-state index in [0.29, 0.717) is 35.7 Å². The summed E-state index contributed by atoms with van der Waals surface area (Å²) in [6.07, 6.45) is -4.08. The summed E-state index contributed by atoms with van der Waals surface area (Å²) in [5, 5.41) is 4.09. The second kappa shape index (κ2) is 7.63. The molecule has 3 heterocycles. The normalized spacial score (nSPS) is 19.7. The highest BCUT2D eigenvalue weighted by molar-refractivity contribution is 7.22. The lowest BCUT2D eigenvalue weighted by molar-refractivity contribution is -0.138. The van der Waals surface area contributed by atoms with Crippen molar-refractivity contribution in [3.8, 4) is 0 Å². The van der Waals surface area contributed by atoms with E-state index in [0.717, 1.165) is 35.6 Å². The van der Waals surface area contributed by atoms with Crippen LogP contribution in [0.2, 0.25) is 0 Å². The van der Waals surface area contributed by atoms with Gasteiger partial charge in [-0.2, -0.15) is 13.2 Å². The van der Waals surface area contributed by atoms with Crippen LogP contribution in [0.4, 0.5) is 28.4 Å². The van der Waals surface area contributed by atoms with Gasteiger partial charge in [-0.15, -0.1) is 0 Å². The first-order valence-electron chi connectivity index (χ1n) is 10.3. The van der Waals surface area contributed by atoms with Gasteiger partial charge in [0.05, 0.1) is 15.8 Å². The summed E-state index contributed by atoms with van der Waals surface area (Å²) in [5.74, 6) is -0.323. The van der Waals surface area contributed by atoms with Crippen molar-refractivity contribution >= 4 is 32.4 Å². The number of halogens is 4. The number of fused-ring (bicyclic) bond motifs is 2. The molecule has 0 aliphatic carbocycles. The van der Waals surface area contributed by atoms with Crippen molar-refractivity contribution in [3.63, 3.8) is 0 Å². The average Bonchev–Trinajstić information content (AvgIpc) is 3.15. The molecule has 0 radical (unpaired) electrons. The van der Waals surface area contributed by atoms with Gasteiger partial charge in [-0.3, -0.25) is 0 Å². The van der Waals surface area contributed by atoms with Crippen molar-refractivity contribution in [2.24, 2.45) is 0 Å². The number of rotatable bonds is 2. The van der Waals surface area contributed by atoms with E-state index in [-0.39, 0.29) is 11.9 Å². The van der Waals surface area contributed by atoms with Crippen LogP contribution in [0.1, 0.15) is 23.6 Å². The van der Waals surface area contributed by atoms with Crippen LogP contribution in [0.3, 0.4) is 0 Å². The molecule has 164 valence electrons. The number of alkyl halides is 3. The van der Waals surface area contributed by atoms with E-state index in [1.807, 2.05) is 4.90 Å². The second-order valence-corrected chi connectivity index (χ2v) is 9.18. The zero-order valence-electron chi connectivity index (χ0n) is 17.0. The van der Waals surface area contributed by atoms with Crippen molar-refractivity contribution in [3.05, 3.63) is 52.8 Å². The van der Waals surface area contributed by atoms with Crippen LogP contribution in [0.25, 0.3) is 10.2 Å². The van der Waals surface area contributed by atoms with E-state index < -0.39 is 11.7 Å². The zero-order valence-corrected chi connectivity index (χ0v) is 17.8. The van der Waals surface area contributed by atoms with Gasteiger partial charge < -0.3 is 15.1 Å². The number of hydrogen-bond donors (Lipinski definition) is 1. The quantitative estimate of drug-likeness (QED) is 0.568. The molecule has 4 nitrogen and oxygen atoms in total. The van der Waals surface area contributed by atoms with Gasteiger partial charge in [0.2, 0.25) is 0 Å². The van der Waals surface area contributed by atoms with Crippen molar-refractivity contribution in [1.29, 1.82) is 0 Å². The zero-order chi connectivity index (χ0) is 21.8. The van der Waals surface area contributed by atoms with Crippen molar-refractivity contribution in [1.82, 2.24) is 10.3 Å². The number of nitrogens with zero attached hydrogens (tertiary/aromatic N) is 3. The number of nitrogens with one attached hydrogen (secondary N) is 1. The molecule has 0 unspecified atom stereocenters. The predicted octanol–water partition coefficient (Wildman–Crippen LogP) is 4.82. The summed E-state index contributed by atoms with van der Waals surface area (Å²) in [5.41, 5.74) is 2.14. The van der Waals surface area contributed by atoms with Gasteiger partial charge in [0, 0.05) is 44.5 Å². The molecule has 2 aliphatic heterocycles. The van der Waals surface area contributed by atoms with Gasteiger partial charge in [-0.25, -0.2) is 9.37 Å². The molecule has 0 saturated carbocycles. The highest BCUT2D eigenvalue weighted by Gasteiger charge is 2.37.